The average Bonchev–Trinajstić information content (AvgIpc) is 3.11. The van der Waals surface area contributed by atoms with Gasteiger partial charge in [-0.3, -0.25) is 4.79 Å². The van der Waals surface area contributed by atoms with E-state index in [1.165, 1.54) is 23.3 Å². The Morgan fingerprint density at radius 1 is 1.05 bits per heavy atom. The van der Waals surface area contributed by atoms with Gasteiger partial charge in [-0.25, -0.2) is 0 Å². The summed E-state index contributed by atoms with van der Waals surface area (Å²) in [7, 11) is 0. The Balaban J connectivity index is 0.000000173. The Labute approximate surface area is 130 Å². The molecular formula is C17H22N2OS. The van der Waals surface area contributed by atoms with Gasteiger partial charge in [0.25, 0.3) is 5.91 Å². The average molecular weight is 302 g/mol. The van der Waals surface area contributed by atoms with E-state index in [1.54, 1.807) is 0 Å². The van der Waals surface area contributed by atoms with Crippen LogP contribution in [0, 0.1) is 0 Å². The molecule has 1 aliphatic heterocycles. The Kier molecular flexibility index (Phi) is 6.44. The molecule has 0 unspecified atom stereocenters. The van der Waals surface area contributed by atoms with Gasteiger partial charge in [0, 0.05) is 19.6 Å². The molecule has 0 spiro atoms. The second kappa shape index (κ2) is 8.60. The normalized spacial score (nSPS) is 14.2. The Hall–Kier alpha value is -1.65. The highest BCUT2D eigenvalue weighted by Crippen LogP contribution is 2.16. The van der Waals surface area contributed by atoms with Crippen LogP contribution in [0.5, 0.6) is 0 Å². The van der Waals surface area contributed by atoms with E-state index in [2.05, 4.69) is 0 Å². The molecule has 1 aromatic heterocycles. The Morgan fingerprint density at radius 3 is 2.29 bits per heavy atom. The topological polar surface area (TPSA) is 46.3 Å². The van der Waals surface area contributed by atoms with Crippen molar-refractivity contribution in [3.05, 3.63) is 58.3 Å². The van der Waals surface area contributed by atoms with Crippen LogP contribution < -0.4 is 5.73 Å². The monoisotopic (exact) mass is 302 g/mol. The van der Waals surface area contributed by atoms with Crippen LogP contribution >= 0.6 is 11.3 Å². The van der Waals surface area contributed by atoms with Crippen LogP contribution in [0.25, 0.3) is 0 Å². The quantitative estimate of drug-likeness (QED) is 0.922. The number of thiophene rings is 1. The van der Waals surface area contributed by atoms with Crippen molar-refractivity contribution in [2.45, 2.75) is 25.8 Å². The molecule has 1 aliphatic rings. The van der Waals surface area contributed by atoms with E-state index >= 15 is 0 Å². The van der Waals surface area contributed by atoms with Crippen LogP contribution in [0.3, 0.4) is 0 Å². The first-order chi connectivity index (χ1) is 10.3. The summed E-state index contributed by atoms with van der Waals surface area (Å²) in [6.45, 7) is 2.52. The minimum atomic E-state index is 0.217. The first-order valence-corrected chi connectivity index (χ1v) is 8.26. The summed E-state index contributed by atoms with van der Waals surface area (Å²) in [6, 6.07) is 13.8. The lowest BCUT2D eigenvalue weighted by Crippen LogP contribution is -2.35. The number of hydrogen-bond donors (Lipinski definition) is 1. The van der Waals surface area contributed by atoms with Gasteiger partial charge in [0.1, 0.15) is 0 Å². The lowest BCUT2D eigenvalue weighted by molar-refractivity contribution is 0.0729. The summed E-state index contributed by atoms with van der Waals surface area (Å²) >= 11 is 1.53. The van der Waals surface area contributed by atoms with Gasteiger partial charge in [0.05, 0.1) is 4.88 Å². The molecule has 1 aromatic carbocycles. The number of piperidine rings is 1. The van der Waals surface area contributed by atoms with E-state index in [4.69, 9.17) is 5.73 Å². The number of nitrogens with two attached hydrogens (primary N) is 1. The molecule has 4 heteroatoms. The van der Waals surface area contributed by atoms with Gasteiger partial charge in [-0.1, -0.05) is 36.4 Å². The van der Waals surface area contributed by atoms with Crippen LogP contribution in [0.1, 0.15) is 34.5 Å². The Bertz CT molecular complexity index is 519. The lowest BCUT2D eigenvalue weighted by atomic mass is 10.1. The van der Waals surface area contributed by atoms with Crippen molar-refractivity contribution in [3.63, 3.8) is 0 Å². The second-order valence-corrected chi connectivity index (χ2v) is 5.97. The van der Waals surface area contributed by atoms with E-state index in [9.17, 15) is 4.79 Å². The minimum absolute atomic E-state index is 0.217. The van der Waals surface area contributed by atoms with Crippen molar-refractivity contribution in [3.8, 4) is 0 Å². The fraction of sp³-hybridized carbons (Fsp3) is 0.353. The van der Waals surface area contributed by atoms with Gasteiger partial charge in [0.15, 0.2) is 0 Å². The summed E-state index contributed by atoms with van der Waals surface area (Å²) in [5.41, 5.74) is 6.54. The highest BCUT2D eigenvalue weighted by molar-refractivity contribution is 7.12. The smallest absolute Gasteiger partial charge is 0.263 e. The highest BCUT2D eigenvalue weighted by Gasteiger charge is 2.18. The van der Waals surface area contributed by atoms with Gasteiger partial charge in [-0.2, -0.15) is 0 Å². The van der Waals surface area contributed by atoms with E-state index in [1.807, 2.05) is 52.7 Å². The number of nitrogens with zero attached hydrogens (tertiary/aromatic N) is 1. The maximum atomic E-state index is 11.8. The molecule has 1 saturated heterocycles. The van der Waals surface area contributed by atoms with Crippen molar-refractivity contribution < 1.29 is 4.79 Å². The summed E-state index contributed by atoms with van der Waals surface area (Å²) in [5.74, 6) is 0.217. The van der Waals surface area contributed by atoms with E-state index in [0.29, 0.717) is 6.54 Å². The molecule has 0 aliphatic carbocycles. The summed E-state index contributed by atoms with van der Waals surface area (Å²) in [5, 5.41) is 1.96. The number of hydrogen-bond acceptors (Lipinski definition) is 3. The van der Waals surface area contributed by atoms with Gasteiger partial charge in [-0.05, 0) is 36.3 Å². The molecule has 1 amide bonds. The molecule has 0 radical (unpaired) electrons. The van der Waals surface area contributed by atoms with Gasteiger partial charge < -0.3 is 10.6 Å². The number of carbonyl (C=O) groups excluding carboxylic acids is 1. The number of likely N-dealkylation sites (tertiary alicyclic amines) is 1. The van der Waals surface area contributed by atoms with Crippen LogP contribution in [-0.4, -0.2) is 23.9 Å². The van der Waals surface area contributed by atoms with E-state index < -0.39 is 0 Å². The number of rotatable bonds is 2. The molecule has 0 atom stereocenters. The molecular weight excluding hydrogens is 280 g/mol. The molecule has 112 valence electrons. The summed E-state index contributed by atoms with van der Waals surface area (Å²) < 4.78 is 0. The van der Waals surface area contributed by atoms with Crippen LogP contribution in [0.2, 0.25) is 0 Å². The zero-order chi connectivity index (χ0) is 14.9. The maximum Gasteiger partial charge on any atom is 0.263 e. The fourth-order valence-corrected chi connectivity index (χ4v) is 2.96. The standard InChI is InChI=1S/C10H13NOS.C7H9N/c12-10(9-5-4-8-13-9)11-6-2-1-3-7-11;8-6-7-4-2-1-3-5-7/h4-5,8H,1-3,6-7H2;1-5H,6,8H2. The zero-order valence-corrected chi connectivity index (χ0v) is 13.0. The van der Waals surface area contributed by atoms with Crippen LogP contribution in [0.4, 0.5) is 0 Å². The second-order valence-electron chi connectivity index (χ2n) is 5.02. The lowest BCUT2D eigenvalue weighted by Gasteiger charge is -2.26. The first-order valence-electron chi connectivity index (χ1n) is 7.38. The predicted octanol–water partition coefficient (Wildman–Crippen LogP) is 3.52. The van der Waals surface area contributed by atoms with Gasteiger partial charge in [0.2, 0.25) is 0 Å². The van der Waals surface area contributed by atoms with Crippen molar-refractivity contribution in [2.75, 3.05) is 13.1 Å². The number of amides is 1. The van der Waals surface area contributed by atoms with Crippen molar-refractivity contribution >= 4 is 17.2 Å². The molecule has 21 heavy (non-hydrogen) atoms. The third-order valence-corrected chi connectivity index (χ3v) is 4.31. The SMILES string of the molecule is NCc1ccccc1.O=C(c1cccs1)N1CCCCC1. The maximum absolute atomic E-state index is 11.8. The summed E-state index contributed by atoms with van der Waals surface area (Å²) in [6.07, 6.45) is 3.60. The van der Waals surface area contributed by atoms with Gasteiger partial charge in [-0.15, -0.1) is 11.3 Å². The largest absolute Gasteiger partial charge is 0.338 e. The number of carbonyl (C=O) groups is 1. The Morgan fingerprint density at radius 2 is 1.76 bits per heavy atom. The van der Waals surface area contributed by atoms with E-state index in [0.717, 1.165) is 30.8 Å². The van der Waals surface area contributed by atoms with Crippen molar-refractivity contribution in [1.82, 2.24) is 4.90 Å². The summed E-state index contributed by atoms with van der Waals surface area (Å²) in [4.78, 5) is 14.6. The zero-order valence-electron chi connectivity index (χ0n) is 12.2. The highest BCUT2D eigenvalue weighted by atomic mass is 32.1. The molecule has 2 N–H and O–H groups in total. The fourth-order valence-electron chi connectivity index (χ4n) is 2.27. The van der Waals surface area contributed by atoms with Crippen molar-refractivity contribution in [1.29, 1.82) is 0 Å². The molecule has 3 nitrogen and oxygen atoms in total. The first kappa shape index (κ1) is 15.7. The van der Waals surface area contributed by atoms with E-state index in [-0.39, 0.29) is 5.91 Å². The number of benzene rings is 1. The molecule has 0 saturated carbocycles. The molecule has 2 heterocycles. The molecule has 3 rings (SSSR count). The van der Waals surface area contributed by atoms with Crippen LogP contribution in [0.15, 0.2) is 47.8 Å². The van der Waals surface area contributed by atoms with Crippen LogP contribution in [-0.2, 0) is 6.54 Å². The third kappa shape index (κ3) is 4.99. The minimum Gasteiger partial charge on any atom is -0.338 e. The van der Waals surface area contributed by atoms with Gasteiger partial charge >= 0.3 is 0 Å². The predicted molar refractivity (Wildman–Crippen MR) is 88.4 cm³/mol. The third-order valence-electron chi connectivity index (χ3n) is 3.45. The molecule has 2 aromatic rings. The van der Waals surface area contributed by atoms with Crippen molar-refractivity contribution in [2.24, 2.45) is 5.73 Å². The molecule has 0 bridgehead atoms. The molecule has 1 fully saturated rings.